The van der Waals surface area contributed by atoms with Crippen LogP contribution in [-0.4, -0.2) is 17.4 Å². The molecule has 0 N–H and O–H groups in total. The van der Waals surface area contributed by atoms with Crippen molar-refractivity contribution in [2.24, 2.45) is 0 Å². The van der Waals surface area contributed by atoms with Gasteiger partial charge in [0.05, 0.1) is 22.5 Å². The van der Waals surface area contributed by atoms with Crippen LogP contribution < -0.4 is 4.90 Å². The van der Waals surface area contributed by atoms with Crippen molar-refractivity contribution in [3.63, 3.8) is 0 Å². The van der Waals surface area contributed by atoms with E-state index in [1.807, 2.05) is 0 Å². The van der Waals surface area contributed by atoms with Crippen LogP contribution in [0.3, 0.4) is 0 Å². The van der Waals surface area contributed by atoms with Gasteiger partial charge in [0.2, 0.25) is 0 Å². The van der Waals surface area contributed by atoms with Crippen molar-refractivity contribution in [3.8, 4) is 0 Å². The quantitative estimate of drug-likeness (QED) is 0.730. The van der Waals surface area contributed by atoms with Gasteiger partial charge in [-0.15, -0.1) is 0 Å². The van der Waals surface area contributed by atoms with Gasteiger partial charge in [-0.3, -0.25) is 9.78 Å². The molecular weight excluding hydrogens is 336 g/mol. The Hall–Kier alpha value is -2.15. The second kappa shape index (κ2) is 5.49. The summed E-state index contributed by atoms with van der Waals surface area (Å²) in [5, 5.41) is -0.249. The molecular formula is C15H9ClF4N2O. The van der Waals surface area contributed by atoms with Crippen molar-refractivity contribution < 1.29 is 22.4 Å². The number of carbonyl (C=O) groups excluding carboxylic acids is 1. The Kier molecular flexibility index (Phi) is 3.75. The average molecular weight is 345 g/mol. The van der Waals surface area contributed by atoms with Crippen LogP contribution in [-0.2, 0) is 12.6 Å². The zero-order valence-corrected chi connectivity index (χ0v) is 12.2. The Morgan fingerprint density at radius 2 is 2.00 bits per heavy atom. The first-order valence-corrected chi connectivity index (χ1v) is 6.98. The molecule has 0 unspecified atom stereocenters. The topological polar surface area (TPSA) is 33.2 Å². The molecule has 0 atom stereocenters. The zero-order valence-electron chi connectivity index (χ0n) is 11.5. The number of fused-ring (bicyclic) bond motifs is 1. The number of aromatic nitrogens is 1. The van der Waals surface area contributed by atoms with Crippen molar-refractivity contribution >= 4 is 23.2 Å². The summed E-state index contributed by atoms with van der Waals surface area (Å²) in [6, 6.07) is 3.10. The number of benzene rings is 1. The van der Waals surface area contributed by atoms with Gasteiger partial charge in [0, 0.05) is 18.3 Å². The van der Waals surface area contributed by atoms with Gasteiger partial charge in [-0.05, 0) is 30.2 Å². The van der Waals surface area contributed by atoms with Crippen LogP contribution in [0.1, 0.15) is 21.5 Å². The molecule has 1 aliphatic rings. The normalized spacial score (nSPS) is 14.8. The molecule has 0 fully saturated rings. The molecule has 0 saturated heterocycles. The van der Waals surface area contributed by atoms with Crippen LogP contribution in [0.15, 0.2) is 30.6 Å². The largest absolute Gasteiger partial charge is 0.418 e. The number of anilines is 1. The Morgan fingerprint density at radius 1 is 1.26 bits per heavy atom. The molecule has 0 radical (unpaired) electrons. The van der Waals surface area contributed by atoms with Crippen LogP contribution >= 0.6 is 11.6 Å². The van der Waals surface area contributed by atoms with Crippen LogP contribution in [0, 0.1) is 5.82 Å². The van der Waals surface area contributed by atoms with Gasteiger partial charge < -0.3 is 4.90 Å². The van der Waals surface area contributed by atoms with Crippen molar-refractivity contribution in [2.45, 2.75) is 12.6 Å². The van der Waals surface area contributed by atoms with E-state index in [2.05, 4.69) is 4.98 Å². The Balaban J connectivity index is 2.07. The third kappa shape index (κ3) is 2.76. The molecule has 2 heterocycles. The number of halogens is 5. The highest BCUT2D eigenvalue weighted by atomic mass is 35.5. The third-order valence-electron chi connectivity index (χ3n) is 3.62. The molecule has 3 rings (SSSR count). The summed E-state index contributed by atoms with van der Waals surface area (Å²) in [4.78, 5) is 17.2. The minimum absolute atomic E-state index is 0.00167. The fraction of sp³-hybridized carbons (Fsp3) is 0.200. The van der Waals surface area contributed by atoms with E-state index < -0.39 is 23.5 Å². The van der Waals surface area contributed by atoms with Crippen LogP contribution in [0.2, 0.25) is 5.02 Å². The van der Waals surface area contributed by atoms with E-state index in [1.165, 1.54) is 0 Å². The van der Waals surface area contributed by atoms with Crippen LogP contribution in [0.4, 0.5) is 23.2 Å². The lowest BCUT2D eigenvalue weighted by molar-refractivity contribution is -0.137. The number of hydrogen-bond acceptors (Lipinski definition) is 2. The number of pyridine rings is 1. The van der Waals surface area contributed by atoms with Gasteiger partial charge in [0.1, 0.15) is 5.82 Å². The average Bonchev–Trinajstić information content (AvgIpc) is 2.49. The highest BCUT2D eigenvalue weighted by Gasteiger charge is 2.37. The van der Waals surface area contributed by atoms with Gasteiger partial charge in [-0.2, -0.15) is 13.2 Å². The minimum atomic E-state index is -4.61. The van der Waals surface area contributed by atoms with E-state index in [1.54, 1.807) is 0 Å². The van der Waals surface area contributed by atoms with E-state index in [9.17, 15) is 22.4 Å². The lowest BCUT2D eigenvalue weighted by atomic mass is 9.98. The Bertz CT molecular complexity index is 792. The van der Waals surface area contributed by atoms with E-state index in [0.717, 1.165) is 35.5 Å². The number of alkyl halides is 3. The van der Waals surface area contributed by atoms with Crippen LogP contribution in [0.5, 0.6) is 0 Å². The van der Waals surface area contributed by atoms with E-state index in [-0.39, 0.29) is 29.2 Å². The maximum atomic E-state index is 13.5. The lowest BCUT2D eigenvalue weighted by Crippen LogP contribution is -2.39. The second-order valence-electron chi connectivity index (χ2n) is 5.02. The SMILES string of the molecule is O=C1c2cc(Cl)c(F)cc2CCN1c1cnccc1C(F)(F)F. The fourth-order valence-electron chi connectivity index (χ4n) is 2.54. The standard InChI is InChI=1S/C15H9ClF4N2O/c16-11-6-9-8(5-12(11)17)2-4-22(14(9)23)13-7-21-3-1-10(13)15(18,19)20/h1,3,5-7H,2,4H2. The summed E-state index contributed by atoms with van der Waals surface area (Å²) in [6.07, 6.45) is -2.38. The minimum Gasteiger partial charge on any atom is -0.306 e. The fourth-order valence-corrected chi connectivity index (χ4v) is 2.71. The van der Waals surface area contributed by atoms with Crippen molar-refractivity contribution in [2.75, 3.05) is 11.4 Å². The summed E-state index contributed by atoms with van der Waals surface area (Å²) < 4.78 is 52.8. The Labute approximate surface area is 133 Å². The van der Waals surface area contributed by atoms with Crippen molar-refractivity contribution in [1.29, 1.82) is 0 Å². The van der Waals surface area contributed by atoms with Gasteiger partial charge in [-0.1, -0.05) is 11.6 Å². The summed E-state index contributed by atoms with van der Waals surface area (Å²) in [7, 11) is 0. The molecule has 23 heavy (non-hydrogen) atoms. The predicted octanol–water partition coefficient (Wildman–Crippen LogP) is 4.10. The summed E-state index contributed by atoms with van der Waals surface area (Å²) >= 11 is 5.67. The van der Waals surface area contributed by atoms with Gasteiger partial charge in [-0.25, -0.2) is 4.39 Å². The highest BCUT2D eigenvalue weighted by Crippen LogP contribution is 2.37. The van der Waals surface area contributed by atoms with E-state index in [0.29, 0.717) is 5.56 Å². The monoisotopic (exact) mass is 344 g/mol. The zero-order chi connectivity index (χ0) is 16.8. The smallest absolute Gasteiger partial charge is 0.306 e. The molecule has 1 aromatic heterocycles. The molecule has 0 spiro atoms. The van der Waals surface area contributed by atoms with Crippen LogP contribution in [0.25, 0.3) is 0 Å². The number of rotatable bonds is 1. The van der Waals surface area contributed by atoms with Gasteiger partial charge in [0.25, 0.3) is 5.91 Å². The Morgan fingerprint density at radius 3 is 2.70 bits per heavy atom. The molecule has 1 aliphatic heterocycles. The molecule has 0 saturated carbocycles. The molecule has 1 aromatic carbocycles. The number of nitrogens with zero attached hydrogens (tertiary/aromatic N) is 2. The highest BCUT2D eigenvalue weighted by molar-refractivity contribution is 6.31. The third-order valence-corrected chi connectivity index (χ3v) is 3.91. The first kappa shape index (κ1) is 15.7. The summed E-state index contributed by atoms with van der Waals surface area (Å²) in [6.45, 7) is 0.00167. The summed E-state index contributed by atoms with van der Waals surface area (Å²) in [5.41, 5.74) is -0.751. The molecule has 120 valence electrons. The molecule has 0 aliphatic carbocycles. The van der Waals surface area contributed by atoms with Gasteiger partial charge in [0.15, 0.2) is 0 Å². The molecule has 8 heteroatoms. The van der Waals surface area contributed by atoms with Gasteiger partial charge >= 0.3 is 6.18 Å². The number of carbonyl (C=O) groups is 1. The number of amides is 1. The van der Waals surface area contributed by atoms with E-state index in [4.69, 9.17) is 11.6 Å². The molecule has 3 nitrogen and oxygen atoms in total. The predicted molar refractivity (Wildman–Crippen MR) is 76.0 cm³/mol. The number of hydrogen-bond donors (Lipinski definition) is 0. The molecule has 2 aromatic rings. The van der Waals surface area contributed by atoms with Crippen molar-refractivity contribution in [1.82, 2.24) is 4.98 Å². The maximum Gasteiger partial charge on any atom is 0.418 e. The molecule has 0 bridgehead atoms. The summed E-state index contributed by atoms with van der Waals surface area (Å²) in [5.74, 6) is -1.32. The second-order valence-corrected chi connectivity index (χ2v) is 5.43. The molecule has 1 amide bonds. The first-order valence-electron chi connectivity index (χ1n) is 6.60. The van der Waals surface area contributed by atoms with Crippen molar-refractivity contribution in [3.05, 3.63) is 58.1 Å². The maximum absolute atomic E-state index is 13.5. The lowest BCUT2D eigenvalue weighted by Gasteiger charge is -2.30. The van der Waals surface area contributed by atoms with E-state index >= 15 is 0 Å². The first-order chi connectivity index (χ1) is 10.8.